The van der Waals surface area contributed by atoms with E-state index in [-0.39, 0.29) is 16.7 Å². The Labute approximate surface area is 120 Å². The van der Waals surface area contributed by atoms with Gasteiger partial charge < -0.3 is 10.1 Å². The third kappa shape index (κ3) is 4.41. The third-order valence-corrected chi connectivity index (χ3v) is 3.38. The SMILES string of the molecule is CCCC(COC)Nc1ccc([N+](=O)[O-])c(I)c1. The van der Waals surface area contributed by atoms with Gasteiger partial charge in [0.05, 0.1) is 15.1 Å². The van der Waals surface area contributed by atoms with Gasteiger partial charge in [-0.25, -0.2) is 0 Å². The normalized spacial score (nSPS) is 12.2. The highest BCUT2D eigenvalue weighted by Crippen LogP contribution is 2.24. The molecule has 0 bridgehead atoms. The number of methoxy groups -OCH3 is 1. The second-order valence-corrected chi connectivity index (χ2v) is 5.17. The van der Waals surface area contributed by atoms with Crippen LogP contribution in [0.4, 0.5) is 11.4 Å². The summed E-state index contributed by atoms with van der Waals surface area (Å²) in [4.78, 5) is 10.3. The first-order valence-electron chi connectivity index (χ1n) is 5.77. The molecular formula is C12H17IN2O3. The lowest BCUT2D eigenvalue weighted by atomic mass is 10.1. The van der Waals surface area contributed by atoms with Crippen molar-refractivity contribution in [3.05, 3.63) is 31.9 Å². The van der Waals surface area contributed by atoms with Gasteiger partial charge in [-0.15, -0.1) is 0 Å². The molecule has 100 valence electrons. The fourth-order valence-electron chi connectivity index (χ4n) is 1.73. The van der Waals surface area contributed by atoms with Gasteiger partial charge in [-0.05, 0) is 41.1 Å². The molecule has 0 aromatic heterocycles. The lowest BCUT2D eigenvalue weighted by Crippen LogP contribution is -2.24. The van der Waals surface area contributed by atoms with Crippen molar-refractivity contribution in [3.63, 3.8) is 0 Å². The van der Waals surface area contributed by atoms with Crippen LogP contribution in [0, 0.1) is 13.7 Å². The number of ether oxygens (including phenoxy) is 1. The Bertz CT molecular complexity index is 406. The highest BCUT2D eigenvalue weighted by atomic mass is 127. The maximum absolute atomic E-state index is 10.7. The van der Waals surface area contributed by atoms with Crippen LogP contribution in [0.3, 0.4) is 0 Å². The molecule has 5 nitrogen and oxygen atoms in total. The van der Waals surface area contributed by atoms with Crippen molar-refractivity contribution in [2.45, 2.75) is 25.8 Å². The minimum Gasteiger partial charge on any atom is -0.383 e. The van der Waals surface area contributed by atoms with E-state index in [1.54, 1.807) is 19.2 Å². The van der Waals surface area contributed by atoms with Crippen LogP contribution in [-0.4, -0.2) is 24.7 Å². The lowest BCUT2D eigenvalue weighted by Gasteiger charge is -2.18. The van der Waals surface area contributed by atoms with Crippen molar-refractivity contribution in [3.8, 4) is 0 Å². The van der Waals surface area contributed by atoms with Gasteiger partial charge in [0.1, 0.15) is 0 Å². The summed E-state index contributed by atoms with van der Waals surface area (Å²) >= 11 is 1.98. The molecule has 0 heterocycles. The molecule has 0 amide bonds. The average Bonchev–Trinajstić information content (AvgIpc) is 2.29. The van der Waals surface area contributed by atoms with E-state index in [4.69, 9.17) is 4.74 Å². The summed E-state index contributed by atoms with van der Waals surface area (Å²) in [6.07, 6.45) is 2.06. The van der Waals surface area contributed by atoms with Crippen LogP contribution < -0.4 is 5.32 Å². The highest BCUT2D eigenvalue weighted by molar-refractivity contribution is 14.1. The van der Waals surface area contributed by atoms with Gasteiger partial charge in [-0.3, -0.25) is 10.1 Å². The van der Waals surface area contributed by atoms with E-state index >= 15 is 0 Å². The average molecular weight is 364 g/mol. The van der Waals surface area contributed by atoms with Crippen molar-refractivity contribution in [1.82, 2.24) is 0 Å². The molecule has 1 aromatic carbocycles. The van der Waals surface area contributed by atoms with Gasteiger partial charge in [0, 0.05) is 24.9 Å². The van der Waals surface area contributed by atoms with Crippen molar-refractivity contribution in [2.24, 2.45) is 0 Å². The Kier molecular flexibility index (Phi) is 6.34. The van der Waals surface area contributed by atoms with Crippen LogP contribution >= 0.6 is 22.6 Å². The first kappa shape index (κ1) is 15.2. The van der Waals surface area contributed by atoms with E-state index < -0.39 is 0 Å². The molecule has 0 fully saturated rings. The van der Waals surface area contributed by atoms with Crippen molar-refractivity contribution >= 4 is 34.0 Å². The van der Waals surface area contributed by atoms with Gasteiger partial charge >= 0.3 is 0 Å². The molecule has 1 unspecified atom stereocenters. The number of nitrogens with zero attached hydrogens (tertiary/aromatic N) is 1. The number of nitro benzene ring substituents is 1. The molecule has 0 saturated carbocycles. The molecule has 1 N–H and O–H groups in total. The summed E-state index contributed by atoms with van der Waals surface area (Å²) in [6.45, 7) is 2.74. The lowest BCUT2D eigenvalue weighted by molar-refractivity contribution is -0.385. The standard InChI is InChI=1S/C12H17IN2O3/c1-3-4-10(8-18-2)14-9-5-6-12(15(16)17)11(13)7-9/h5-7,10,14H,3-4,8H2,1-2H3. The number of hydrogen-bond donors (Lipinski definition) is 1. The monoisotopic (exact) mass is 364 g/mol. The van der Waals surface area contributed by atoms with E-state index in [0.717, 1.165) is 18.5 Å². The summed E-state index contributed by atoms with van der Waals surface area (Å²) in [5, 5.41) is 14.1. The number of benzene rings is 1. The fourth-order valence-corrected chi connectivity index (χ4v) is 2.44. The molecular weight excluding hydrogens is 347 g/mol. The van der Waals surface area contributed by atoms with Crippen LogP contribution in [0.1, 0.15) is 19.8 Å². The maximum Gasteiger partial charge on any atom is 0.282 e. The number of nitrogens with one attached hydrogen (secondary N) is 1. The van der Waals surface area contributed by atoms with Crippen LogP contribution in [0.15, 0.2) is 18.2 Å². The van der Waals surface area contributed by atoms with Crippen LogP contribution in [0.25, 0.3) is 0 Å². The van der Waals surface area contributed by atoms with Crippen molar-refractivity contribution in [1.29, 1.82) is 0 Å². The van der Waals surface area contributed by atoms with Gasteiger partial charge in [-0.1, -0.05) is 13.3 Å². The minimum atomic E-state index is -0.371. The fraction of sp³-hybridized carbons (Fsp3) is 0.500. The molecule has 1 aromatic rings. The van der Waals surface area contributed by atoms with E-state index in [2.05, 4.69) is 12.2 Å². The Balaban J connectivity index is 2.77. The van der Waals surface area contributed by atoms with Crippen LogP contribution in [0.2, 0.25) is 0 Å². The molecule has 0 aliphatic heterocycles. The van der Waals surface area contributed by atoms with E-state index in [0.29, 0.717) is 10.2 Å². The zero-order chi connectivity index (χ0) is 13.5. The summed E-state index contributed by atoms with van der Waals surface area (Å²) in [6, 6.07) is 5.28. The van der Waals surface area contributed by atoms with E-state index in [9.17, 15) is 10.1 Å². The van der Waals surface area contributed by atoms with Gasteiger partial charge in [0.25, 0.3) is 5.69 Å². The summed E-state index contributed by atoms with van der Waals surface area (Å²) in [7, 11) is 1.67. The molecule has 0 radical (unpaired) electrons. The summed E-state index contributed by atoms with van der Waals surface area (Å²) < 4.78 is 5.78. The molecule has 18 heavy (non-hydrogen) atoms. The minimum absolute atomic E-state index is 0.139. The predicted molar refractivity (Wildman–Crippen MR) is 80.0 cm³/mol. The zero-order valence-electron chi connectivity index (χ0n) is 10.5. The predicted octanol–water partition coefficient (Wildman–Crippen LogP) is 3.43. The number of halogens is 1. The Morgan fingerprint density at radius 3 is 2.78 bits per heavy atom. The topological polar surface area (TPSA) is 64.4 Å². The molecule has 0 saturated heterocycles. The second kappa shape index (κ2) is 7.52. The number of hydrogen-bond acceptors (Lipinski definition) is 4. The Hall–Kier alpha value is -0.890. The quantitative estimate of drug-likeness (QED) is 0.458. The Morgan fingerprint density at radius 2 is 2.28 bits per heavy atom. The molecule has 1 rings (SSSR count). The maximum atomic E-state index is 10.7. The number of nitro groups is 1. The van der Waals surface area contributed by atoms with Gasteiger partial charge in [0.2, 0.25) is 0 Å². The van der Waals surface area contributed by atoms with Gasteiger partial charge in [0.15, 0.2) is 0 Å². The molecule has 0 aliphatic rings. The largest absolute Gasteiger partial charge is 0.383 e. The molecule has 6 heteroatoms. The van der Waals surface area contributed by atoms with E-state index in [1.807, 2.05) is 22.6 Å². The number of anilines is 1. The highest BCUT2D eigenvalue weighted by Gasteiger charge is 2.13. The third-order valence-electron chi connectivity index (χ3n) is 2.52. The van der Waals surface area contributed by atoms with Crippen LogP contribution in [-0.2, 0) is 4.74 Å². The van der Waals surface area contributed by atoms with Crippen LogP contribution in [0.5, 0.6) is 0 Å². The number of rotatable bonds is 7. The summed E-state index contributed by atoms with van der Waals surface area (Å²) in [5.74, 6) is 0. The Morgan fingerprint density at radius 1 is 1.56 bits per heavy atom. The van der Waals surface area contributed by atoms with E-state index in [1.165, 1.54) is 6.07 Å². The second-order valence-electron chi connectivity index (χ2n) is 4.01. The molecule has 0 aliphatic carbocycles. The first-order valence-corrected chi connectivity index (χ1v) is 6.85. The van der Waals surface area contributed by atoms with Gasteiger partial charge in [-0.2, -0.15) is 0 Å². The smallest absolute Gasteiger partial charge is 0.282 e. The van der Waals surface area contributed by atoms with Crippen molar-refractivity contribution < 1.29 is 9.66 Å². The zero-order valence-corrected chi connectivity index (χ0v) is 12.6. The summed E-state index contributed by atoms with van der Waals surface area (Å²) in [5.41, 5.74) is 1.03. The first-order chi connectivity index (χ1) is 8.58. The molecule has 1 atom stereocenters. The molecule has 0 spiro atoms. The van der Waals surface area contributed by atoms with Crippen molar-refractivity contribution in [2.75, 3.05) is 19.0 Å².